The number of thiazole rings is 1. The van der Waals surface area contributed by atoms with Crippen molar-refractivity contribution in [2.24, 2.45) is 0 Å². The number of carbonyl (C=O) groups excluding carboxylic acids is 2. The number of hydrogen-bond donors (Lipinski definition) is 1. The summed E-state index contributed by atoms with van der Waals surface area (Å²) in [5.41, 5.74) is 2.94. The minimum Gasteiger partial charge on any atom is -0.461 e. The van der Waals surface area contributed by atoms with Gasteiger partial charge in [0.15, 0.2) is 0 Å². The fourth-order valence-corrected chi connectivity index (χ4v) is 3.84. The third kappa shape index (κ3) is 5.10. The van der Waals surface area contributed by atoms with Crippen LogP contribution in [0.25, 0.3) is 11.3 Å². The van der Waals surface area contributed by atoms with Gasteiger partial charge >= 0.3 is 5.97 Å². The number of hydrogen-bond acceptors (Lipinski definition) is 7. The molecule has 0 aliphatic rings. The maximum absolute atomic E-state index is 12.4. The van der Waals surface area contributed by atoms with Gasteiger partial charge in [0.2, 0.25) is 5.01 Å². The molecule has 1 atom stereocenters. The van der Waals surface area contributed by atoms with Crippen molar-refractivity contribution in [3.05, 3.63) is 56.6 Å². The molecule has 0 saturated heterocycles. The highest BCUT2D eigenvalue weighted by atomic mass is 35.5. The number of esters is 1. The van der Waals surface area contributed by atoms with Crippen molar-refractivity contribution in [1.29, 1.82) is 5.26 Å². The molecule has 1 unspecified atom stereocenters. The number of nitriles is 1. The Morgan fingerprint density at radius 1 is 1.39 bits per heavy atom. The van der Waals surface area contributed by atoms with Crippen LogP contribution in [-0.4, -0.2) is 39.3 Å². The molecule has 0 radical (unpaired) electrons. The lowest BCUT2D eigenvalue weighted by Crippen LogP contribution is -2.36. The lowest BCUT2D eigenvalue weighted by molar-refractivity contribution is 0.0526. The van der Waals surface area contributed by atoms with Gasteiger partial charge < -0.3 is 10.1 Å². The average molecular weight is 458 g/mol. The Balaban J connectivity index is 1.65. The van der Waals surface area contributed by atoms with Gasteiger partial charge in [-0.3, -0.25) is 9.48 Å². The summed E-state index contributed by atoms with van der Waals surface area (Å²) in [5.74, 6) is -0.914. The summed E-state index contributed by atoms with van der Waals surface area (Å²) in [5, 5.41) is 18.6. The van der Waals surface area contributed by atoms with Crippen LogP contribution >= 0.6 is 22.9 Å². The molecule has 10 heteroatoms. The van der Waals surface area contributed by atoms with Crippen LogP contribution in [0.1, 0.15) is 45.3 Å². The van der Waals surface area contributed by atoms with Crippen molar-refractivity contribution in [3.8, 4) is 17.3 Å². The summed E-state index contributed by atoms with van der Waals surface area (Å²) in [6.45, 7) is 6.08. The molecule has 2 heterocycles. The number of halogens is 1. The number of rotatable bonds is 7. The molecule has 2 aromatic heterocycles. The number of ether oxygens (including phenoxy) is 1. The largest absolute Gasteiger partial charge is 0.461 e. The number of nitrogens with zero attached hydrogens (tertiary/aromatic N) is 4. The van der Waals surface area contributed by atoms with E-state index in [1.807, 2.05) is 32.2 Å². The van der Waals surface area contributed by atoms with Gasteiger partial charge in [0.1, 0.15) is 11.8 Å². The van der Waals surface area contributed by atoms with Gasteiger partial charge in [-0.15, -0.1) is 11.3 Å². The van der Waals surface area contributed by atoms with Crippen LogP contribution in [-0.2, 0) is 11.3 Å². The summed E-state index contributed by atoms with van der Waals surface area (Å²) >= 11 is 7.32. The molecule has 3 aromatic rings. The Kier molecular flexibility index (Phi) is 7.05. The van der Waals surface area contributed by atoms with Crippen LogP contribution in [0, 0.1) is 18.3 Å². The maximum Gasteiger partial charge on any atom is 0.367 e. The molecule has 160 valence electrons. The summed E-state index contributed by atoms with van der Waals surface area (Å²) in [6, 6.07) is 7.17. The summed E-state index contributed by atoms with van der Waals surface area (Å²) < 4.78 is 6.61. The molecule has 0 fully saturated rings. The Hall–Kier alpha value is -3.22. The summed E-state index contributed by atoms with van der Waals surface area (Å²) in [6.07, 6.45) is 1.81. The molecule has 0 bridgehead atoms. The monoisotopic (exact) mass is 457 g/mol. The van der Waals surface area contributed by atoms with E-state index in [0.717, 1.165) is 28.2 Å². The minimum atomic E-state index is -0.540. The smallest absolute Gasteiger partial charge is 0.367 e. The van der Waals surface area contributed by atoms with Gasteiger partial charge in [0.25, 0.3) is 5.91 Å². The van der Waals surface area contributed by atoms with Gasteiger partial charge in [0.05, 0.1) is 29.4 Å². The van der Waals surface area contributed by atoms with Crippen molar-refractivity contribution in [2.45, 2.75) is 33.4 Å². The fraction of sp³-hybridized carbons (Fsp3) is 0.286. The highest BCUT2D eigenvalue weighted by Gasteiger charge is 2.18. The third-order valence-corrected chi connectivity index (χ3v) is 5.76. The minimum absolute atomic E-state index is 0.146. The van der Waals surface area contributed by atoms with Crippen molar-refractivity contribution in [3.63, 3.8) is 0 Å². The van der Waals surface area contributed by atoms with Gasteiger partial charge in [0, 0.05) is 23.2 Å². The Morgan fingerprint density at radius 2 is 2.16 bits per heavy atom. The Bertz CT molecular complexity index is 1160. The second kappa shape index (κ2) is 9.73. The Morgan fingerprint density at radius 3 is 2.87 bits per heavy atom. The number of carbonyl (C=O) groups is 2. The molecule has 1 N–H and O–H groups in total. The molecule has 1 aromatic carbocycles. The van der Waals surface area contributed by atoms with E-state index < -0.39 is 5.97 Å². The SMILES string of the molecule is CCOC(=O)c1nc(C(=O)NC(C)Cn2ccc(-c3ccc(C#N)c(Cl)c3C)n2)cs1. The Labute approximate surface area is 188 Å². The zero-order chi connectivity index (χ0) is 22.5. The van der Waals surface area contributed by atoms with Crippen LogP contribution in [0.4, 0.5) is 0 Å². The second-order valence-electron chi connectivity index (χ2n) is 6.77. The highest BCUT2D eigenvalue weighted by molar-refractivity contribution is 7.11. The molecular weight excluding hydrogens is 438 g/mol. The molecule has 0 spiro atoms. The van der Waals surface area contributed by atoms with Crippen molar-refractivity contribution >= 4 is 34.8 Å². The molecule has 0 aliphatic heterocycles. The van der Waals surface area contributed by atoms with Crippen LogP contribution < -0.4 is 5.32 Å². The second-order valence-corrected chi connectivity index (χ2v) is 8.00. The van der Waals surface area contributed by atoms with Crippen LogP contribution in [0.3, 0.4) is 0 Å². The lowest BCUT2D eigenvalue weighted by atomic mass is 10.0. The molecule has 0 saturated carbocycles. The van der Waals surface area contributed by atoms with E-state index in [9.17, 15) is 9.59 Å². The average Bonchev–Trinajstić information content (AvgIpc) is 3.40. The van der Waals surface area contributed by atoms with E-state index in [0.29, 0.717) is 17.1 Å². The molecule has 1 amide bonds. The standard InChI is InChI=1S/C21H20ClN5O3S/c1-4-30-21(29)20-25-17(11-31-20)19(28)24-12(2)10-27-8-7-16(26-27)15-6-5-14(9-23)18(22)13(15)3/h5-8,11-12H,4,10H2,1-3H3,(H,24,28). The van der Waals surface area contributed by atoms with Crippen molar-refractivity contribution in [1.82, 2.24) is 20.1 Å². The third-order valence-electron chi connectivity index (χ3n) is 4.45. The van der Waals surface area contributed by atoms with Crippen molar-refractivity contribution in [2.75, 3.05) is 6.61 Å². The topological polar surface area (TPSA) is 110 Å². The van der Waals surface area contributed by atoms with Crippen molar-refractivity contribution < 1.29 is 14.3 Å². The summed E-state index contributed by atoms with van der Waals surface area (Å²) in [4.78, 5) is 28.2. The molecular formula is C21H20ClN5O3S. The first-order valence-electron chi connectivity index (χ1n) is 9.50. The van der Waals surface area contributed by atoms with Gasteiger partial charge in [-0.2, -0.15) is 10.4 Å². The zero-order valence-electron chi connectivity index (χ0n) is 17.2. The van der Waals surface area contributed by atoms with E-state index in [4.69, 9.17) is 21.6 Å². The normalized spacial score (nSPS) is 11.6. The van der Waals surface area contributed by atoms with Gasteiger partial charge in [-0.05, 0) is 38.5 Å². The number of benzene rings is 1. The van der Waals surface area contributed by atoms with E-state index in [1.165, 1.54) is 5.38 Å². The molecule has 3 rings (SSSR count). The van der Waals surface area contributed by atoms with Gasteiger partial charge in [-0.1, -0.05) is 17.7 Å². The zero-order valence-corrected chi connectivity index (χ0v) is 18.8. The lowest BCUT2D eigenvalue weighted by Gasteiger charge is -2.13. The molecule has 31 heavy (non-hydrogen) atoms. The predicted molar refractivity (Wildman–Crippen MR) is 117 cm³/mol. The van der Waals surface area contributed by atoms with E-state index >= 15 is 0 Å². The number of nitrogens with one attached hydrogen (secondary N) is 1. The maximum atomic E-state index is 12.4. The quantitative estimate of drug-likeness (QED) is 0.540. The molecule has 0 aliphatic carbocycles. The predicted octanol–water partition coefficient (Wildman–Crippen LogP) is 3.84. The molecule has 8 nitrogen and oxygen atoms in total. The van der Waals surface area contributed by atoms with Crippen LogP contribution in [0.15, 0.2) is 29.8 Å². The van der Waals surface area contributed by atoms with Crippen LogP contribution in [0.5, 0.6) is 0 Å². The first-order chi connectivity index (χ1) is 14.8. The fourth-order valence-electron chi connectivity index (χ4n) is 2.94. The van der Waals surface area contributed by atoms with Gasteiger partial charge in [-0.25, -0.2) is 9.78 Å². The number of amides is 1. The summed E-state index contributed by atoms with van der Waals surface area (Å²) in [7, 11) is 0. The first kappa shape index (κ1) is 22.5. The highest BCUT2D eigenvalue weighted by Crippen LogP contribution is 2.29. The van der Waals surface area contributed by atoms with E-state index in [1.54, 1.807) is 17.7 Å². The first-order valence-corrected chi connectivity index (χ1v) is 10.8. The van der Waals surface area contributed by atoms with E-state index in [-0.39, 0.29) is 29.3 Å². The van der Waals surface area contributed by atoms with E-state index in [2.05, 4.69) is 21.5 Å². The number of aromatic nitrogens is 3. The van der Waals surface area contributed by atoms with Crippen LogP contribution in [0.2, 0.25) is 5.02 Å².